The minimum Gasteiger partial charge on any atom is -0.309 e. The van der Waals surface area contributed by atoms with Gasteiger partial charge in [-0.05, 0) is 37.9 Å². The lowest BCUT2D eigenvalue weighted by molar-refractivity contribution is 0.488. The van der Waals surface area contributed by atoms with Crippen molar-refractivity contribution in [3.05, 3.63) is 35.4 Å². The second-order valence-electron chi connectivity index (χ2n) is 5.74. The van der Waals surface area contributed by atoms with Crippen LogP contribution in [0.4, 0.5) is 8.78 Å². The standard InChI is InChI=1S/C17H25F2NS/c1-2-11-20-16(12-21-13-7-4-3-5-8-13)17-14(18)9-6-10-15(17)19/h6,9-10,13,16,20H,2-5,7-8,11-12H2,1H3. The van der Waals surface area contributed by atoms with Crippen LogP contribution >= 0.6 is 11.8 Å². The molecule has 1 N–H and O–H groups in total. The summed E-state index contributed by atoms with van der Waals surface area (Å²) in [7, 11) is 0. The molecule has 0 amide bonds. The lowest BCUT2D eigenvalue weighted by Gasteiger charge is -2.25. The quantitative estimate of drug-likeness (QED) is 0.754. The van der Waals surface area contributed by atoms with E-state index in [4.69, 9.17) is 0 Å². The van der Waals surface area contributed by atoms with Crippen molar-refractivity contribution in [3.63, 3.8) is 0 Å². The molecule has 4 heteroatoms. The lowest BCUT2D eigenvalue weighted by atomic mass is 10.0. The second kappa shape index (κ2) is 8.74. The van der Waals surface area contributed by atoms with E-state index >= 15 is 0 Å². The molecule has 0 aromatic heterocycles. The molecule has 0 saturated heterocycles. The molecule has 0 spiro atoms. The fraction of sp³-hybridized carbons (Fsp3) is 0.647. The van der Waals surface area contributed by atoms with Crippen molar-refractivity contribution in [2.45, 2.75) is 56.7 Å². The molecule has 2 rings (SSSR count). The highest BCUT2D eigenvalue weighted by molar-refractivity contribution is 7.99. The summed E-state index contributed by atoms with van der Waals surface area (Å²) in [5.41, 5.74) is 0.203. The van der Waals surface area contributed by atoms with Crippen LogP contribution in [0.1, 0.15) is 57.1 Å². The van der Waals surface area contributed by atoms with Crippen LogP contribution in [0.2, 0.25) is 0 Å². The molecule has 1 aromatic carbocycles. The van der Waals surface area contributed by atoms with Crippen LogP contribution in [0.25, 0.3) is 0 Å². The smallest absolute Gasteiger partial charge is 0.130 e. The average molecular weight is 313 g/mol. The van der Waals surface area contributed by atoms with Crippen LogP contribution in [0.5, 0.6) is 0 Å². The maximum absolute atomic E-state index is 14.0. The highest BCUT2D eigenvalue weighted by Crippen LogP contribution is 2.32. The summed E-state index contributed by atoms with van der Waals surface area (Å²) in [4.78, 5) is 0. The van der Waals surface area contributed by atoms with E-state index < -0.39 is 11.6 Å². The molecule has 21 heavy (non-hydrogen) atoms. The first-order valence-corrected chi connectivity index (χ1v) is 9.06. The number of nitrogens with one attached hydrogen (secondary N) is 1. The van der Waals surface area contributed by atoms with Crippen molar-refractivity contribution in [2.24, 2.45) is 0 Å². The predicted octanol–water partition coefficient (Wildman–Crippen LogP) is 5.07. The van der Waals surface area contributed by atoms with Crippen LogP contribution in [-0.2, 0) is 0 Å². The van der Waals surface area contributed by atoms with Gasteiger partial charge in [0.25, 0.3) is 0 Å². The molecule has 1 saturated carbocycles. The maximum Gasteiger partial charge on any atom is 0.130 e. The Morgan fingerprint density at radius 1 is 1.19 bits per heavy atom. The fourth-order valence-electron chi connectivity index (χ4n) is 2.87. The van der Waals surface area contributed by atoms with Gasteiger partial charge in [0.1, 0.15) is 11.6 Å². The van der Waals surface area contributed by atoms with E-state index in [1.54, 1.807) is 0 Å². The van der Waals surface area contributed by atoms with E-state index in [9.17, 15) is 8.78 Å². The van der Waals surface area contributed by atoms with Gasteiger partial charge >= 0.3 is 0 Å². The Bertz CT molecular complexity index is 413. The van der Waals surface area contributed by atoms with Gasteiger partial charge < -0.3 is 5.32 Å². The SMILES string of the molecule is CCCNC(CSC1CCCCC1)c1c(F)cccc1F. The Morgan fingerprint density at radius 2 is 1.86 bits per heavy atom. The fourth-order valence-corrected chi connectivity index (χ4v) is 4.29. The van der Waals surface area contributed by atoms with Crippen molar-refractivity contribution in [2.75, 3.05) is 12.3 Å². The van der Waals surface area contributed by atoms with E-state index in [1.807, 2.05) is 11.8 Å². The number of hydrogen-bond donors (Lipinski definition) is 1. The first-order valence-electron chi connectivity index (χ1n) is 8.01. The Morgan fingerprint density at radius 3 is 2.48 bits per heavy atom. The minimum absolute atomic E-state index is 0.203. The number of benzene rings is 1. The van der Waals surface area contributed by atoms with E-state index in [0.29, 0.717) is 5.25 Å². The van der Waals surface area contributed by atoms with Gasteiger partial charge in [0, 0.05) is 22.6 Å². The first kappa shape index (κ1) is 16.8. The van der Waals surface area contributed by atoms with E-state index in [0.717, 1.165) is 18.7 Å². The summed E-state index contributed by atoms with van der Waals surface area (Å²) in [6.07, 6.45) is 7.35. The molecule has 0 bridgehead atoms. The zero-order valence-corrected chi connectivity index (χ0v) is 13.5. The molecule has 0 heterocycles. The van der Waals surface area contributed by atoms with Gasteiger partial charge in [-0.25, -0.2) is 8.78 Å². The largest absolute Gasteiger partial charge is 0.309 e. The van der Waals surface area contributed by atoms with Crippen LogP contribution < -0.4 is 5.32 Å². The summed E-state index contributed by atoms with van der Waals surface area (Å²) in [6, 6.07) is 3.89. The highest BCUT2D eigenvalue weighted by atomic mass is 32.2. The second-order valence-corrected chi connectivity index (χ2v) is 7.07. The van der Waals surface area contributed by atoms with Gasteiger partial charge in [-0.2, -0.15) is 11.8 Å². The monoisotopic (exact) mass is 313 g/mol. The summed E-state index contributed by atoms with van der Waals surface area (Å²) in [6.45, 7) is 2.85. The molecule has 1 unspecified atom stereocenters. The van der Waals surface area contributed by atoms with Gasteiger partial charge in [-0.15, -0.1) is 0 Å². The molecule has 1 aromatic rings. The molecule has 1 aliphatic rings. The maximum atomic E-state index is 14.0. The number of hydrogen-bond acceptors (Lipinski definition) is 2. The molecule has 0 radical (unpaired) electrons. The van der Waals surface area contributed by atoms with Crippen LogP contribution in [0.15, 0.2) is 18.2 Å². The van der Waals surface area contributed by atoms with E-state index in [-0.39, 0.29) is 11.6 Å². The third-order valence-electron chi connectivity index (χ3n) is 4.04. The molecule has 1 fully saturated rings. The van der Waals surface area contributed by atoms with E-state index in [1.165, 1.54) is 50.3 Å². The first-order chi connectivity index (χ1) is 10.2. The third kappa shape index (κ3) is 4.96. The van der Waals surface area contributed by atoms with E-state index in [2.05, 4.69) is 12.2 Å². The van der Waals surface area contributed by atoms with Gasteiger partial charge in [0.2, 0.25) is 0 Å². The summed E-state index contributed by atoms with van der Waals surface area (Å²) in [5.74, 6) is -0.136. The van der Waals surface area contributed by atoms with Gasteiger partial charge in [-0.1, -0.05) is 32.3 Å². The Kier molecular flexibility index (Phi) is 6.97. The molecule has 1 aliphatic carbocycles. The Hall–Kier alpha value is -0.610. The summed E-state index contributed by atoms with van der Waals surface area (Å²) >= 11 is 1.87. The zero-order chi connectivity index (χ0) is 15.1. The predicted molar refractivity (Wildman–Crippen MR) is 86.7 cm³/mol. The van der Waals surface area contributed by atoms with Crippen LogP contribution in [-0.4, -0.2) is 17.5 Å². The number of rotatable bonds is 7. The number of halogens is 2. The van der Waals surface area contributed by atoms with Crippen molar-refractivity contribution in [3.8, 4) is 0 Å². The molecule has 118 valence electrons. The molecule has 0 aliphatic heterocycles. The highest BCUT2D eigenvalue weighted by Gasteiger charge is 2.22. The van der Waals surface area contributed by atoms with Gasteiger partial charge in [0.15, 0.2) is 0 Å². The number of thioether (sulfide) groups is 1. The topological polar surface area (TPSA) is 12.0 Å². The Labute approximate surface area is 130 Å². The Balaban J connectivity index is 2.02. The molecular weight excluding hydrogens is 288 g/mol. The molecular formula is C17H25F2NS. The van der Waals surface area contributed by atoms with Crippen molar-refractivity contribution < 1.29 is 8.78 Å². The summed E-state index contributed by atoms with van der Waals surface area (Å²) in [5, 5.41) is 3.96. The average Bonchev–Trinajstić information content (AvgIpc) is 2.50. The van der Waals surface area contributed by atoms with Crippen LogP contribution in [0, 0.1) is 11.6 Å². The van der Waals surface area contributed by atoms with Crippen LogP contribution in [0.3, 0.4) is 0 Å². The molecule has 1 nitrogen and oxygen atoms in total. The zero-order valence-electron chi connectivity index (χ0n) is 12.7. The summed E-state index contributed by atoms with van der Waals surface area (Å²) < 4.78 is 28.0. The lowest BCUT2D eigenvalue weighted by Crippen LogP contribution is -2.27. The van der Waals surface area contributed by atoms with Gasteiger partial charge in [0.05, 0.1) is 0 Å². The van der Waals surface area contributed by atoms with Crippen molar-refractivity contribution in [1.82, 2.24) is 5.32 Å². The van der Waals surface area contributed by atoms with Gasteiger partial charge in [-0.3, -0.25) is 0 Å². The van der Waals surface area contributed by atoms with Crippen molar-refractivity contribution in [1.29, 1.82) is 0 Å². The third-order valence-corrected chi connectivity index (χ3v) is 5.51. The normalized spacial score (nSPS) is 17.9. The minimum atomic E-state index is -0.437. The molecule has 1 atom stereocenters. The van der Waals surface area contributed by atoms with Crippen molar-refractivity contribution >= 4 is 11.8 Å².